The van der Waals surface area contributed by atoms with Gasteiger partial charge in [-0.2, -0.15) is 0 Å². The van der Waals surface area contributed by atoms with E-state index in [1.54, 1.807) is 0 Å². The number of nitrogens with one attached hydrogen (secondary N) is 1. The molecule has 1 saturated heterocycles. The van der Waals surface area contributed by atoms with E-state index >= 15 is 0 Å². The van der Waals surface area contributed by atoms with Crippen LogP contribution in [0.3, 0.4) is 0 Å². The summed E-state index contributed by atoms with van der Waals surface area (Å²) in [6.07, 6.45) is 0.480. The van der Waals surface area contributed by atoms with E-state index in [0.717, 1.165) is 0 Å². The first kappa shape index (κ1) is 11.0. The van der Waals surface area contributed by atoms with Crippen molar-refractivity contribution in [1.82, 2.24) is 5.32 Å². The summed E-state index contributed by atoms with van der Waals surface area (Å²) in [4.78, 5) is 22.5. The molecule has 1 heterocycles. The number of amides is 1. The van der Waals surface area contributed by atoms with Crippen molar-refractivity contribution in [3.8, 4) is 0 Å². The van der Waals surface area contributed by atoms with E-state index in [1.165, 1.54) is 0 Å². The molecule has 0 aromatic carbocycles. The van der Waals surface area contributed by atoms with Gasteiger partial charge < -0.3 is 15.2 Å². The molecule has 1 rings (SSSR count). The molecule has 1 aliphatic heterocycles. The first-order valence-corrected chi connectivity index (χ1v) is 4.78. The third-order valence-electron chi connectivity index (χ3n) is 2.29. The summed E-state index contributed by atoms with van der Waals surface area (Å²) in [5, 5.41) is 11.0. The molecule has 0 aromatic heterocycles. The molecule has 0 radical (unpaired) electrons. The highest BCUT2D eigenvalue weighted by atomic mass is 16.6. The van der Waals surface area contributed by atoms with Crippen molar-refractivity contribution in [3.63, 3.8) is 0 Å². The van der Waals surface area contributed by atoms with Gasteiger partial charge in [-0.25, -0.2) is 0 Å². The minimum Gasteiger partial charge on any atom is -0.452 e. The zero-order chi connectivity index (χ0) is 10.6. The topological polar surface area (TPSA) is 75.6 Å². The lowest BCUT2D eigenvalue weighted by molar-refractivity contribution is -0.149. The summed E-state index contributed by atoms with van der Waals surface area (Å²) >= 11 is 0. The SMILES string of the molecule is CCC1CC(C(=O)NCCO)OC1=O. The number of ether oxygens (including phenoxy) is 1. The number of hydrogen-bond donors (Lipinski definition) is 2. The van der Waals surface area contributed by atoms with Crippen LogP contribution in [0.15, 0.2) is 0 Å². The van der Waals surface area contributed by atoms with Crippen LogP contribution in [0.4, 0.5) is 0 Å². The average Bonchev–Trinajstić information content (AvgIpc) is 2.56. The van der Waals surface area contributed by atoms with E-state index < -0.39 is 6.10 Å². The molecule has 2 N–H and O–H groups in total. The zero-order valence-corrected chi connectivity index (χ0v) is 8.16. The monoisotopic (exact) mass is 201 g/mol. The predicted octanol–water partition coefficient (Wildman–Crippen LogP) is -0.563. The lowest BCUT2D eigenvalue weighted by Gasteiger charge is -2.08. The summed E-state index contributed by atoms with van der Waals surface area (Å²) in [6, 6.07) is 0. The van der Waals surface area contributed by atoms with Crippen LogP contribution in [0.1, 0.15) is 19.8 Å². The first-order chi connectivity index (χ1) is 6.69. The van der Waals surface area contributed by atoms with Gasteiger partial charge in [0.2, 0.25) is 0 Å². The Morgan fingerprint density at radius 3 is 2.93 bits per heavy atom. The van der Waals surface area contributed by atoms with Gasteiger partial charge in [-0.1, -0.05) is 6.92 Å². The summed E-state index contributed by atoms with van der Waals surface area (Å²) in [5.41, 5.74) is 0. The van der Waals surface area contributed by atoms with E-state index in [-0.39, 0.29) is 30.9 Å². The molecule has 0 aliphatic carbocycles. The normalized spacial score (nSPS) is 26.0. The van der Waals surface area contributed by atoms with Crippen LogP contribution in [0.5, 0.6) is 0 Å². The van der Waals surface area contributed by atoms with Crippen molar-refractivity contribution in [2.24, 2.45) is 5.92 Å². The summed E-state index contributed by atoms with van der Waals surface area (Å²) in [7, 11) is 0. The quantitative estimate of drug-likeness (QED) is 0.598. The second-order valence-electron chi connectivity index (χ2n) is 3.28. The standard InChI is InChI=1S/C9H15NO4/c1-2-6-5-7(14-9(6)13)8(12)10-3-4-11/h6-7,11H,2-5H2,1H3,(H,10,12). The van der Waals surface area contributed by atoms with E-state index in [1.807, 2.05) is 6.92 Å². The highest BCUT2D eigenvalue weighted by molar-refractivity contribution is 5.87. The summed E-state index contributed by atoms with van der Waals surface area (Å²) in [6.45, 7) is 1.98. The number of hydrogen-bond acceptors (Lipinski definition) is 4. The fraction of sp³-hybridized carbons (Fsp3) is 0.778. The minimum atomic E-state index is -0.668. The van der Waals surface area contributed by atoms with Gasteiger partial charge in [0.05, 0.1) is 12.5 Å². The van der Waals surface area contributed by atoms with Gasteiger partial charge in [-0.05, 0) is 6.42 Å². The Balaban J connectivity index is 2.40. The van der Waals surface area contributed by atoms with Crippen LogP contribution in [0.25, 0.3) is 0 Å². The first-order valence-electron chi connectivity index (χ1n) is 4.78. The molecule has 5 heteroatoms. The molecular weight excluding hydrogens is 186 g/mol. The van der Waals surface area contributed by atoms with Crippen LogP contribution in [0.2, 0.25) is 0 Å². The second kappa shape index (κ2) is 4.95. The molecule has 5 nitrogen and oxygen atoms in total. The van der Waals surface area contributed by atoms with Crippen LogP contribution < -0.4 is 5.32 Å². The van der Waals surface area contributed by atoms with Crippen molar-refractivity contribution in [1.29, 1.82) is 0 Å². The van der Waals surface area contributed by atoms with Crippen LogP contribution in [0, 0.1) is 5.92 Å². The van der Waals surface area contributed by atoms with Gasteiger partial charge >= 0.3 is 5.97 Å². The van der Waals surface area contributed by atoms with Crippen molar-refractivity contribution >= 4 is 11.9 Å². The van der Waals surface area contributed by atoms with Gasteiger partial charge in [0, 0.05) is 13.0 Å². The number of aliphatic hydroxyl groups excluding tert-OH is 1. The largest absolute Gasteiger partial charge is 0.452 e. The Labute approximate surface area is 82.4 Å². The molecule has 0 spiro atoms. The fourth-order valence-corrected chi connectivity index (χ4v) is 1.43. The van der Waals surface area contributed by atoms with Gasteiger partial charge in [0.15, 0.2) is 6.10 Å². The number of rotatable bonds is 4. The smallest absolute Gasteiger partial charge is 0.309 e. The maximum absolute atomic E-state index is 11.3. The number of esters is 1. The van der Waals surface area contributed by atoms with E-state index in [4.69, 9.17) is 9.84 Å². The molecule has 1 aliphatic rings. The maximum atomic E-state index is 11.3. The van der Waals surface area contributed by atoms with Crippen LogP contribution in [-0.2, 0) is 14.3 Å². The van der Waals surface area contributed by atoms with Gasteiger partial charge in [0.25, 0.3) is 5.91 Å². The Hall–Kier alpha value is -1.10. The third kappa shape index (κ3) is 2.45. The van der Waals surface area contributed by atoms with E-state index in [0.29, 0.717) is 12.8 Å². The molecule has 80 valence electrons. The maximum Gasteiger partial charge on any atom is 0.309 e. The van der Waals surface area contributed by atoms with Crippen molar-refractivity contribution in [2.75, 3.05) is 13.2 Å². The van der Waals surface area contributed by atoms with Crippen molar-refractivity contribution in [2.45, 2.75) is 25.9 Å². The van der Waals surface area contributed by atoms with Crippen LogP contribution in [-0.4, -0.2) is 36.2 Å². The van der Waals surface area contributed by atoms with Crippen molar-refractivity contribution < 1.29 is 19.4 Å². The molecule has 2 atom stereocenters. The summed E-state index contributed by atoms with van der Waals surface area (Å²) < 4.78 is 4.89. The number of carbonyl (C=O) groups excluding carboxylic acids is 2. The van der Waals surface area contributed by atoms with E-state index in [9.17, 15) is 9.59 Å². The Morgan fingerprint density at radius 2 is 2.43 bits per heavy atom. The van der Waals surface area contributed by atoms with Crippen molar-refractivity contribution in [3.05, 3.63) is 0 Å². The molecule has 0 saturated carbocycles. The van der Waals surface area contributed by atoms with Crippen LogP contribution >= 0.6 is 0 Å². The van der Waals surface area contributed by atoms with Gasteiger partial charge in [-0.3, -0.25) is 9.59 Å². The lowest BCUT2D eigenvalue weighted by Crippen LogP contribution is -2.36. The minimum absolute atomic E-state index is 0.108. The van der Waals surface area contributed by atoms with Gasteiger partial charge in [-0.15, -0.1) is 0 Å². The molecule has 1 fully saturated rings. The Morgan fingerprint density at radius 1 is 1.71 bits per heavy atom. The Bertz CT molecular complexity index is 229. The molecular formula is C9H15NO4. The number of carbonyl (C=O) groups is 2. The molecule has 14 heavy (non-hydrogen) atoms. The average molecular weight is 201 g/mol. The Kier molecular flexibility index (Phi) is 3.88. The molecule has 0 bridgehead atoms. The number of cyclic esters (lactones) is 1. The highest BCUT2D eigenvalue weighted by Crippen LogP contribution is 2.23. The summed E-state index contributed by atoms with van der Waals surface area (Å²) in [5.74, 6) is -0.764. The number of aliphatic hydroxyl groups is 1. The zero-order valence-electron chi connectivity index (χ0n) is 8.16. The van der Waals surface area contributed by atoms with Gasteiger partial charge in [0.1, 0.15) is 0 Å². The van der Waals surface area contributed by atoms with E-state index in [2.05, 4.69) is 5.32 Å². The predicted molar refractivity (Wildman–Crippen MR) is 48.4 cm³/mol. The molecule has 1 amide bonds. The molecule has 0 aromatic rings. The highest BCUT2D eigenvalue weighted by Gasteiger charge is 2.37. The lowest BCUT2D eigenvalue weighted by atomic mass is 10.0. The second-order valence-corrected chi connectivity index (χ2v) is 3.28. The third-order valence-corrected chi connectivity index (χ3v) is 2.29. The fourth-order valence-electron chi connectivity index (χ4n) is 1.43. The molecule has 2 unspecified atom stereocenters.